The number of aliphatic hydroxyl groups excluding tert-OH is 1. The van der Waals surface area contributed by atoms with Gasteiger partial charge < -0.3 is 19.5 Å². The minimum atomic E-state index is -1.28. The molecule has 5 heteroatoms. The van der Waals surface area contributed by atoms with Gasteiger partial charge in [0.1, 0.15) is 5.75 Å². The van der Waals surface area contributed by atoms with Crippen LogP contribution < -0.4 is 9.64 Å². The van der Waals surface area contributed by atoms with E-state index in [1.165, 1.54) is 0 Å². The summed E-state index contributed by atoms with van der Waals surface area (Å²) < 4.78 is 10.0. The summed E-state index contributed by atoms with van der Waals surface area (Å²) in [5.74, 6) is -0.0574. The Hall–Kier alpha value is -1.75. The van der Waals surface area contributed by atoms with Gasteiger partial charge in [-0.2, -0.15) is 0 Å². The van der Waals surface area contributed by atoms with Crippen molar-refractivity contribution >= 4 is 11.7 Å². The van der Waals surface area contributed by atoms with Gasteiger partial charge in [-0.15, -0.1) is 0 Å². The molecular weight excluding hydrogens is 234 g/mol. The monoisotopic (exact) mass is 253 g/mol. The maximum absolute atomic E-state index is 11.4. The van der Waals surface area contributed by atoms with Gasteiger partial charge in [0.15, 0.2) is 6.10 Å². The fourth-order valence-electron chi connectivity index (χ4n) is 1.59. The van der Waals surface area contributed by atoms with Gasteiger partial charge >= 0.3 is 5.97 Å². The molecule has 0 aliphatic rings. The molecule has 0 fully saturated rings. The van der Waals surface area contributed by atoms with Crippen molar-refractivity contribution in [3.63, 3.8) is 0 Å². The first-order valence-corrected chi connectivity index (χ1v) is 5.71. The van der Waals surface area contributed by atoms with Crippen molar-refractivity contribution < 1.29 is 19.4 Å². The van der Waals surface area contributed by atoms with Gasteiger partial charge in [0.25, 0.3) is 0 Å². The number of hydrogen-bond donors (Lipinski definition) is 1. The molecule has 1 aromatic carbocycles. The van der Waals surface area contributed by atoms with E-state index in [4.69, 9.17) is 9.47 Å². The molecule has 0 amide bonds. The van der Waals surface area contributed by atoms with Gasteiger partial charge in [-0.05, 0) is 24.6 Å². The molecule has 0 heterocycles. The molecule has 0 saturated heterocycles. The number of carbonyl (C=O) groups excluding carboxylic acids is 1. The Morgan fingerprint density at radius 2 is 2.11 bits per heavy atom. The number of benzene rings is 1. The zero-order chi connectivity index (χ0) is 13.7. The highest BCUT2D eigenvalue weighted by Gasteiger charge is 2.20. The van der Waals surface area contributed by atoms with E-state index in [-0.39, 0.29) is 6.61 Å². The first-order chi connectivity index (χ1) is 8.51. The third kappa shape index (κ3) is 3.13. The van der Waals surface area contributed by atoms with Gasteiger partial charge in [-0.3, -0.25) is 0 Å². The molecule has 1 atom stereocenters. The van der Waals surface area contributed by atoms with E-state index in [1.54, 1.807) is 32.2 Å². The van der Waals surface area contributed by atoms with Crippen LogP contribution in [0.2, 0.25) is 0 Å². The predicted molar refractivity (Wildman–Crippen MR) is 68.9 cm³/mol. The summed E-state index contributed by atoms with van der Waals surface area (Å²) in [6.45, 7) is 1.93. The van der Waals surface area contributed by atoms with Crippen molar-refractivity contribution in [1.29, 1.82) is 0 Å². The Kier molecular flexibility index (Phi) is 4.97. The second-order valence-electron chi connectivity index (χ2n) is 3.98. The predicted octanol–water partition coefficient (Wildman–Crippen LogP) is 1.36. The molecule has 0 aromatic heterocycles. The van der Waals surface area contributed by atoms with Crippen molar-refractivity contribution in [1.82, 2.24) is 0 Å². The number of ether oxygens (including phenoxy) is 2. The fraction of sp³-hybridized carbons (Fsp3) is 0.462. The van der Waals surface area contributed by atoms with Gasteiger partial charge in [-0.25, -0.2) is 4.79 Å². The fourth-order valence-corrected chi connectivity index (χ4v) is 1.59. The number of carbonyl (C=O) groups is 1. The summed E-state index contributed by atoms with van der Waals surface area (Å²) in [6.07, 6.45) is -1.28. The second kappa shape index (κ2) is 6.26. The van der Waals surface area contributed by atoms with Crippen molar-refractivity contribution in [2.24, 2.45) is 0 Å². The number of rotatable bonds is 5. The average Bonchev–Trinajstić information content (AvgIpc) is 2.37. The lowest BCUT2D eigenvalue weighted by Crippen LogP contribution is -2.16. The molecule has 0 aliphatic heterocycles. The number of nitrogens with zero attached hydrogens (tertiary/aromatic N) is 1. The summed E-state index contributed by atoms with van der Waals surface area (Å²) in [6, 6.07) is 5.10. The van der Waals surface area contributed by atoms with E-state index in [0.29, 0.717) is 11.3 Å². The van der Waals surface area contributed by atoms with Gasteiger partial charge in [-0.1, -0.05) is 6.07 Å². The highest BCUT2D eigenvalue weighted by Crippen LogP contribution is 2.30. The third-order valence-electron chi connectivity index (χ3n) is 2.51. The topological polar surface area (TPSA) is 59.0 Å². The molecule has 1 aromatic rings. The molecule has 0 saturated carbocycles. The van der Waals surface area contributed by atoms with Gasteiger partial charge in [0, 0.05) is 14.1 Å². The van der Waals surface area contributed by atoms with E-state index in [9.17, 15) is 9.90 Å². The van der Waals surface area contributed by atoms with Crippen LogP contribution in [0.1, 0.15) is 18.6 Å². The van der Waals surface area contributed by atoms with Crippen LogP contribution >= 0.6 is 0 Å². The summed E-state index contributed by atoms with van der Waals surface area (Å²) >= 11 is 0. The van der Waals surface area contributed by atoms with Crippen molar-refractivity contribution in [2.75, 3.05) is 32.7 Å². The van der Waals surface area contributed by atoms with E-state index in [0.717, 1.165) is 5.69 Å². The van der Waals surface area contributed by atoms with E-state index < -0.39 is 12.1 Å². The first kappa shape index (κ1) is 14.3. The Morgan fingerprint density at radius 1 is 1.44 bits per heavy atom. The number of hydrogen-bond acceptors (Lipinski definition) is 5. The van der Waals surface area contributed by atoms with Crippen molar-refractivity contribution in [3.05, 3.63) is 23.8 Å². The van der Waals surface area contributed by atoms with Crippen LogP contribution in [-0.4, -0.2) is 38.9 Å². The summed E-state index contributed by atoms with van der Waals surface area (Å²) in [5.41, 5.74) is 1.33. The molecule has 0 spiro atoms. The van der Waals surface area contributed by atoms with E-state index >= 15 is 0 Å². The number of methoxy groups -OCH3 is 1. The number of esters is 1. The lowest BCUT2D eigenvalue weighted by Gasteiger charge is -2.18. The average molecular weight is 253 g/mol. The van der Waals surface area contributed by atoms with Gasteiger partial charge in [0.05, 0.1) is 19.4 Å². The standard InChI is InChI=1S/C13H19NO4/c1-5-18-13(16)12(15)9-6-7-10(14(2)3)11(8-9)17-4/h6-8,12,15H,5H2,1-4H3/t12-/m0/s1. The SMILES string of the molecule is CCOC(=O)[C@@H](O)c1ccc(N(C)C)c(OC)c1. The maximum atomic E-state index is 11.4. The molecule has 0 radical (unpaired) electrons. The summed E-state index contributed by atoms with van der Waals surface area (Å²) in [5, 5.41) is 9.83. The van der Waals surface area contributed by atoms with Gasteiger partial charge in [0.2, 0.25) is 0 Å². The Bertz CT molecular complexity index is 417. The molecule has 0 bridgehead atoms. The Labute approximate surface area is 107 Å². The van der Waals surface area contributed by atoms with Crippen LogP contribution in [-0.2, 0) is 9.53 Å². The molecule has 0 unspecified atom stereocenters. The zero-order valence-electron chi connectivity index (χ0n) is 11.1. The third-order valence-corrected chi connectivity index (χ3v) is 2.51. The lowest BCUT2D eigenvalue weighted by molar-refractivity contribution is -0.153. The highest BCUT2D eigenvalue weighted by molar-refractivity contribution is 5.77. The van der Waals surface area contributed by atoms with Crippen LogP contribution in [0.15, 0.2) is 18.2 Å². The van der Waals surface area contributed by atoms with Crippen molar-refractivity contribution in [2.45, 2.75) is 13.0 Å². The minimum Gasteiger partial charge on any atom is -0.495 e. The number of anilines is 1. The van der Waals surface area contributed by atoms with E-state index in [2.05, 4.69) is 0 Å². The molecule has 18 heavy (non-hydrogen) atoms. The summed E-state index contributed by atoms with van der Waals surface area (Å²) in [4.78, 5) is 13.3. The number of aliphatic hydroxyl groups is 1. The van der Waals surface area contributed by atoms with Crippen LogP contribution in [0.4, 0.5) is 5.69 Å². The minimum absolute atomic E-state index is 0.239. The van der Waals surface area contributed by atoms with Crippen LogP contribution in [0.3, 0.4) is 0 Å². The molecular formula is C13H19NO4. The molecule has 1 rings (SSSR count). The van der Waals surface area contributed by atoms with Crippen molar-refractivity contribution in [3.8, 4) is 5.75 Å². The Morgan fingerprint density at radius 3 is 2.61 bits per heavy atom. The quantitative estimate of drug-likeness (QED) is 0.803. The highest BCUT2D eigenvalue weighted by atomic mass is 16.5. The first-order valence-electron chi connectivity index (χ1n) is 5.71. The molecule has 5 nitrogen and oxygen atoms in total. The molecule has 1 N–H and O–H groups in total. The largest absolute Gasteiger partial charge is 0.495 e. The van der Waals surface area contributed by atoms with Crippen LogP contribution in [0.5, 0.6) is 5.75 Å². The second-order valence-corrected chi connectivity index (χ2v) is 3.98. The molecule has 0 aliphatic carbocycles. The lowest BCUT2D eigenvalue weighted by atomic mass is 10.1. The van der Waals surface area contributed by atoms with E-state index in [1.807, 2.05) is 19.0 Å². The smallest absolute Gasteiger partial charge is 0.339 e. The zero-order valence-corrected chi connectivity index (χ0v) is 11.1. The molecule has 100 valence electrons. The van der Waals surface area contributed by atoms with Crippen LogP contribution in [0.25, 0.3) is 0 Å². The summed E-state index contributed by atoms with van der Waals surface area (Å²) in [7, 11) is 5.32. The Balaban J connectivity index is 3.01. The normalized spacial score (nSPS) is 11.8. The maximum Gasteiger partial charge on any atom is 0.339 e. The van der Waals surface area contributed by atoms with Crippen LogP contribution in [0, 0.1) is 0 Å².